The zero-order valence-electron chi connectivity index (χ0n) is 16.4. The highest BCUT2D eigenvalue weighted by atomic mass is 32.2. The highest BCUT2D eigenvalue weighted by Crippen LogP contribution is 2.31. The number of thioether (sulfide) groups is 1. The smallest absolute Gasteiger partial charge is 0.260 e. The number of nitrogens with zero attached hydrogens (tertiary/aromatic N) is 4. The van der Waals surface area contributed by atoms with Gasteiger partial charge in [-0.15, -0.1) is 10.2 Å². The average Bonchev–Trinajstić information content (AvgIpc) is 3.02. The van der Waals surface area contributed by atoms with E-state index in [1.807, 2.05) is 0 Å². The molecule has 2 N–H and O–H groups in total. The number of hydrogen-bond acceptors (Lipinski definition) is 6. The molecule has 1 aromatic heterocycles. The predicted octanol–water partition coefficient (Wildman–Crippen LogP) is 3.25. The Hall–Kier alpha value is -3.27. The van der Waals surface area contributed by atoms with Crippen LogP contribution in [0, 0.1) is 11.6 Å². The number of likely N-dealkylation sites (tertiary alicyclic amines) is 1. The second kappa shape index (κ2) is 8.84. The van der Waals surface area contributed by atoms with Crippen LogP contribution in [0.4, 0.5) is 8.78 Å². The minimum atomic E-state index is -0.605. The summed E-state index contributed by atoms with van der Waals surface area (Å²) in [5.74, 6) is 4.44. The highest BCUT2D eigenvalue weighted by Gasteiger charge is 2.33. The van der Waals surface area contributed by atoms with E-state index in [1.165, 1.54) is 41.3 Å². The van der Waals surface area contributed by atoms with Crippen LogP contribution < -0.4 is 5.84 Å². The van der Waals surface area contributed by atoms with Crippen LogP contribution in [0.5, 0.6) is 0 Å². The lowest BCUT2D eigenvalue weighted by Gasteiger charge is -2.22. The molecule has 1 saturated heterocycles. The largest absolute Gasteiger partial charge is 0.335 e. The quantitative estimate of drug-likeness (QED) is 0.491. The Kier molecular flexibility index (Phi) is 5.99. The minimum absolute atomic E-state index is 0.140. The van der Waals surface area contributed by atoms with Crippen LogP contribution in [0.1, 0.15) is 29.6 Å². The summed E-state index contributed by atoms with van der Waals surface area (Å²) in [4.78, 5) is 27.2. The summed E-state index contributed by atoms with van der Waals surface area (Å²) < 4.78 is 28.4. The van der Waals surface area contributed by atoms with Crippen molar-refractivity contribution in [2.45, 2.75) is 29.7 Å². The number of benzene rings is 2. The molecule has 0 spiro atoms. The molecule has 1 fully saturated rings. The monoisotopic (exact) mass is 443 g/mol. The third-order valence-corrected chi connectivity index (χ3v) is 6.21. The van der Waals surface area contributed by atoms with Crippen molar-refractivity contribution in [3.63, 3.8) is 0 Å². The fraction of sp³-hybridized carbons (Fsp3) is 0.238. The zero-order valence-corrected chi connectivity index (χ0v) is 17.2. The van der Waals surface area contributed by atoms with E-state index in [-0.39, 0.29) is 34.6 Å². The Morgan fingerprint density at radius 2 is 1.81 bits per heavy atom. The first-order valence-corrected chi connectivity index (χ1v) is 10.6. The zero-order chi connectivity index (χ0) is 22.0. The van der Waals surface area contributed by atoms with Crippen molar-refractivity contribution in [2.24, 2.45) is 0 Å². The van der Waals surface area contributed by atoms with Crippen molar-refractivity contribution >= 4 is 23.6 Å². The van der Waals surface area contributed by atoms with Gasteiger partial charge < -0.3 is 5.84 Å². The molecule has 10 heteroatoms. The van der Waals surface area contributed by atoms with Gasteiger partial charge in [0, 0.05) is 12.1 Å². The number of halogens is 2. The lowest BCUT2D eigenvalue weighted by Crippen LogP contribution is -2.41. The molecule has 1 atom stereocenters. The van der Waals surface area contributed by atoms with Gasteiger partial charge in [0.15, 0.2) is 5.82 Å². The van der Waals surface area contributed by atoms with Gasteiger partial charge in [-0.1, -0.05) is 30.3 Å². The number of hydrogen-bond donors (Lipinski definition) is 1. The molecule has 7 nitrogen and oxygen atoms in total. The van der Waals surface area contributed by atoms with E-state index in [0.717, 1.165) is 22.9 Å². The topological polar surface area (TPSA) is 94.1 Å². The van der Waals surface area contributed by atoms with Gasteiger partial charge in [-0.3, -0.25) is 14.5 Å². The van der Waals surface area contributed by atoms with Crippen LogP contribution >= 0.6 is 11.8 Å². The maximum absolute atomic E-state index is 14.1. The van der Waals surface area contributed by atoms with E-state index in [0.29, 0.717) is 12.8 Å². The molecule has 4 rings (SSSR count). The molecule has 1 aliphatic heterocycles. The van der Waals surface area contributed by atoms with Crippen LogP contribution in [0.25, 0.3) is 11.4 Å². The molecule has 160 valence electrons. The maximum atomic E-state index is 14.1. The van der Waals surface area contributed by atoms with Crippen molar-refractivity contribution in [3.05, 3.63) is 65.7 Å². The number of carbonyl (C=O) groups excluding carboxylic acids is 2. The second-order valence-corrected chi connectivity index (χ2v) is 8.23. The first-order valence-electron chi connectivity index (χ1n) is 9.69. The standard InChI is InChI=1S/C21H19F2N5O2S/c22-14-10-8-13(9-11-14)19(29)27-12-4-3-7-17(20(27)30)31-21-26-25-18(28(21)24)15-5-1-2-6-16(15)23/h1-2,5-6,8-11,17H,3-4,7,12,24H2. The lowest BCUT2D eigenvalue weighted by atomic mass is 10.2. The van der Waals surface area contributed by atoms with Crippen molar-refractivity contribution in [1.82, 2.24) is 19.8 Å². The number of rotatable bonds is 4. The summed E-state index contributed by atoms with van der Waals surface area (Å²) in [6.45, 7) is 0.280. The Morgan fingerprint density at radius 1 is 1.06 bits per heavy atom. The number of imide groups is 1. The van der Waals surface area contributed by atoms with Gasteiger partial charge in [0.2, 0.25) is 11.1 Å². The van der Waals surface area contributed by atoms with Crippen LogP contribution in [0.15, 0.2) is 53.7 Å². The van der Waals surface area contributed by atoms with Crippen molar-refractivity contribution in [1.29, 1.82) is 0 Å². The van der Waals surface area contributed by atoms with E-state index in [2.05, 4.69) is 10.2 Å². The van der Waals surface area contributed by atoms with E-state index in [4.69, 9.17) is 5.84 Å². The predicted molar refractivity (Wildman–Crippen MR) is 112 cm³/mol. The Labute approximate surface area is 181 Å². The maximum Gasteiger partial charge on any atom is 0.260 e. The lowest BCUT2D eigenvalue weighted by molar-refractivity contribution is -0.127. The highest BCUT2D eigenvalue weighted by molar-refractivity contribution is 8.00. The Morgan fingerprint density at radius 3 is 2.55 bits per heavy atom. The van der Waals surface area contributed by atoms with E-state index in [1.54, 1.807) is 12.1 Å². The molecule has 1 unspecified atom stereocenters. The molecule has 0 radical (unpaired) electrons. The molecule has 2 amide bonds. The second-order valence-electron chi connectivity index (χ2n) is 7.06. The number of nitrogen functional groups attached to an aromatic ring is 1. The van der Waals surface area contributed by atoms with Crippen molar-refractivity contribution in [3.8, 4) is 11.4 Å². The van der Waals surface area contributed by atoms with Crippen LogP contribution in [0.2, 0.25) is 0 Å². The summed E-state index contributed by atoms with van der Waals surface area (Å²) in [6.07, 6.45) is 1.92. The fourth-order valence-electron chi connectivity index (χ4n) is 3.38. The van der Waals surface area contributed by atoms with Gasteiger partial charge in [-0.25, -0.2) is 13.5 Å². The van der Waals surface area contributed by atoms with E-state index in [9.17, 15) is 18.4 Å². The number of aromatic nitrogens is 3. The fourth-order valence-corrected chi connectivity index (χ4v) is 4.43. The van der Waals surface area contributed by atoms with Crippen molar-refractivity contribution in [2.75, 3.05) is 12.4 Å². The van der Waals surface area contributed by atoms with E-state index >= 15 is 0 Å². The first kappa shape index (κ1) is 21.0. The SMILES string of the molecule is Nn1c(SC2CCCCN(C(=O)c3ccc(F)cc3)C2=O)nnc1-c1ccccc1F. The van der Waals surface area contributed by atoms with E-state index < -0.39 is 22.8 Å². The van der Waals surface area contributed by atoms with Crippen molar-refractivity contribution < 1.29 is 18.4 Å². The molecule has 31 heavy (non-hydrogen) atoms. The van der Waals surface area contributed by atoms with Gasteiger partial charge in [0.25, 0.3) is 5.91 Å². The Bertz CT molecular complexity index is 1120. The normalized spacial score (nSPS) is 16.9. The molecule has 3 aromatic rings. The average molecular weight is 443 g/mol. The molecule has 2 aromatic carbocycles. The summed E-state index contributed by atoms with van der Waals surface area (Å²) in [6, 6.07) is 11.1. The number of amides is 2. The molecule has 1 aliphatic rings. The summed E-state index contributed by atoms with van der Waals surface area (Å²) in [7, 11) is 0. The van der Waals surface area contributed by atoms with Crippen LogP contribution in [-0.2, 0) is 4.79 Å². The molecular formula is C21H19F2N5O2S. The number of carbonyl (C=O) groups is 2. The number of nitrogens with two attached hydrogens (primary N) is 1. The Balaban J connectivity index is 1.56. The molecular weight excluding hydrogens is 424 g/mol. The van der Waals surface area contributed by atoms with Gasteiger partial charge in [0.05, 0.1) is 10.8 Å². The molecule has 2 heterocycles. The summed E-state index contributed by atoms with van der Waals surface area (Å²) >= 11 is 1.09. The van der Waals surface area contributed by atoms with Gasteiger partial charge in [0.1, 0.15) is 11.6 Å². The van der Waals surface area contributed by atoms with Gasteiger partial charge in [-0.2, -0.15) is 0 Å². The van der Waals surface area contributed by atoms with Crippen LogP contribution in [0.3, 0.4) is 0 Å². The first-order chi connectivity index (χ1) is 15.0. The van der Waals surface area contributed by atoms with Gasteiger partial charge >= 0.3 is 0 Å². The molecule has 0 saturated carbocycles. The van der Waals surface area contributed by atoms with Crippen LogP contribution in [-0.4, -0.2) is 43.4 Å². The molecule has 0 bridgehead atoms. The minimum Gasteiger partial charge on any atom is -0.335 e. The third-order valence-electron chi connectivity index (χ3n) is 5.00. The summed E-state index contributed by atoms with van der Waals surface area (Å²) in [5, 5.41) is 7.63. The summed E-state index contributed by atoms with van der Waals surface area (Å²) in [5.41, 5.74) is 0.439. The van der Waals surface area contributed by atoms with Gasteiger partial charge in [-0.05, 0) is 49.2 Å². The molecule has 0 aliphatic carbocycles. The third kappa shape index (κ3) is 4.29.